The molecule has 0 N–H and O–H groups in total. The monoisotopic (exact) mass is 405 g/mol. The van der Waals surface area contributed by atoms with Crippen LogP contribution in [0.25, 0.3) is 0 Å². The number of benzene rings is 1. The standard InChI is InChI=1S/C21H27NO5S/c1-6-15-26-16-7-9-17(10-8-16)28-21(18(23)25-5)11-13-22(14-12-21)19(24)27-20(2,3)4/h7-10H,11-14H2,1-5H3. The fourth-order valence-electron chi connectivity index (χ4n) is 2.82. The Labute approximate surface area is 170 Å². The number of nitrogens with zero attached hydrogens (tertiary/aromatic N) is 1. The molecule has 1 fully saturated rings. The molecule has 6 nitrogen and oxygen atoms in total. The Balaban J connectivity index is 2.08. The zero-order valence-electron chi connectivity index (χ0n) is 17.0. The molecule has 152 valence electrons. The maximum Gasteiger partial charge on any atom is 0.410 e. The van der Waals surface area contributed by atoms with Crippen LogP contribution in [-0.2, 0) is 14.3 Å². The van der Waals surface area contributed by atoms with E-state index in [0.29, 0.717) is 31.7 Å². The predicted molar refractivity (Wildman–Crippen MR) is 108 cm³/mol. The summed E-state index contributed by atoms with van der Waals surface area (Å²) in [6, 6.07) is 7.41. The van der Waals surface area contributed by atoms with Crippen LogP contribution in [0.5, 0.6) is 5.75 Å². The first-order valence-electron chi connectivity index (χ1n) is 9.13. The first kappa shape index (κ1) is 22.0. The van der Waals surface area contributed by atoms with Crippen LogP contribution in [0.1, 0.15) is 40.5 Å². The minimum absolute atomic E-state index is 0.279. The van der Waals surface area contributed by atoms with Gasteiger partial charge in [0.2, 0.25) is 0 Å². The van der Waals surface area contributed by atoms with Gasteiger partial charge in [-0.25, -0.2) is 4.79 Å². The summed E-state index contributed by atoms with van der Waals surface area (Å²) >= 11 is 1.46. The van der Waals surface area contributed by atoms with E-state index in [1.807, 2.05) is 45.0 Å². The average Bonchev–Trinajstić information content (AvgIpc) is 2.66. The molecule has 0 unspecified atom stereocenters. The molecule has 0 radical (unpaired) electrons. The number of ether oxygens (including phenoxy) is 3. The van der Waals surface area contributed by atoms with Crippen molar-refractivity contribution in [1.29, 1.82) is 0 Å². The quantitative estimate of drug-likeness (QED) is 0.556. The van der Waals surface area contributed by atoms with E-state index >= 15 is 0 Å². The second-order valence-corrected chi connectivity index (χ2v) is 8.94. The number of likely N-dealkylation sites (tertiary alicyclic amines) is 1. The van der Waals surface area contributed by atoms with Crippen molar-refractivity contribution in [3.05, 3.63) is 24.3 Å². The molecule has 0 saturated carbocycles. The van der Waals surface area contributed by atoms with Crippen LogP contribution in [0, 0.1) is 12.0 Å². The van der Waals surface area contributed by atoms with Gasteiger partial charge in [-0.3, -0.25) is 4.79 Å². The van der Waals surface area contributed by atoms with Crippen molar-refractivity contribution in [2.24, 2.45) is 0 Å². The van der Waals surface area contributed by atoms with Crippen molar-refractivity contribution < 1.29 is 23.8 Å². The lowest BCUT2D eigenvalue weighted by Gasteiger charge is -2.39. The molecule has 7 heteroatoms. The maximum absolute atomic E-state index is 12.6. The highest BCUT2D eigenvalue weighted by Gasteiger charge is 2.45. The van der Waals surface area contributed by atoms with Crippen molar-refractivity contribution in [2.75, 3.05) is 20.2 Å². The van der Waals surface area contributed by atoms with Crippen LogP contribution < -0.4 is 4.74 Å². The fourth-order valence-corrected chi connectivity index (χ4v) is 4.10. The molecule has 0 atom stereocenters. The molecule has 0 aliphatic carbocycles. The van der Waals surface area contributed by atoms with Gasteiger partial charge in [-0.2, -0.15) is 0 Å². The van der Waals surface area contributed by atoms with E-state index in [9.17, 15) is 9.59 Å². The lowest BCUT2D eigenvalue weighted by atomic mass is 9.96. The third-order valence-corrected chi connectivity index (χ3v) is 5.66. The van der Waals surface area contributed by atoms with Crippen molar-refractivity contribution in [3.8, 4) is 17.8 Å². The minimum Gasteiger partial charge on any atom is -0.468 e. The average molecular weight is 406 g/mol. The Morgan fingerprint density at radius 2 is 1.75 bits per heavy atom. The third kappa shape index (κ3) is 5.83. The van der Waals surface area contributed by atoms with Gasteiger partial charge in [0.25, 0.3) is 0 Å². The molecule has 28 heavy (non-hydrogen) atoms. The van der Waals surface area contributed by atoms with Gasteiger partial charge in [0.1, 0.15) is 22.2 Å². The van der Waals surface area contributed by atoms with Gasteiger partial charge < -0.3 is 19.1 Å². The third-order valence-electron chi connectivity index (χ3n) is 4.19. The highest BCUT2D eigenvalue weighted by atomic mass is 32.2. The first-order chi connectivity index (χ1) is 13.2. The van der Waals surface area contributed by atoms with E-state index in [0.717, 1.165) is 4.90 Å². The number of piperidine rings is 1. The summed E-state index contributed by atoms with van der Waals surface area (Å²) in [6.45, 7) is 8.08. The molecule has 1 saturated heterocycles. The Morgan fingerprint density at radius 1 is 1.14 bits per heavy atom. The van der Waals surface area contributed by atoms with Crippen molar-refractivity contribution in [2.45, 2.75) is 55.8 Å². The number of rotatable bonds is 4. The molecule has 1 aromatic rings. The van der Waals surface area contributed by atoms with Crippen LogP contribution in [0.15, 0.2) is 29.2 Å². The maximum atomic E-state index is 12.6. The molecule has 0 spiro atoms. The van der Waals surface area contributed by atoms with Crippen molar-refractivity contribution >= 4 is 23.8 Å². The largest absolute Gasteiger partial charge is 0.468 e. The summed E-state index contributed by atoms with van der Waals surface area (Å²) in [6.07, 6.45) is 3.18. The van der Waals surface area contributed by atoms with Crippen LogP contribution in [0.3, 0.4) is 0 Å². The predicted octanol–water partition coefficient (Wildman–Crippen LogP) is 4.08. The molecule has 0 bridgehead atoms. The molecule has 1 aromatic carbocycles. The van der Waals surface area contributed by atoms with Gasteiger partial charge in [-0.1, -0.05) is 5.92 Å². The second kappa shape index (κ2) is 9.24. The molecule has 1 amide bonds. The Morgan fingerprint density at radius 3 is 2.25 bits per heavy atom. The topological polar surface area (TPSA) is 65.1 Å². The Kier molecular flexibility index (Phi) is 7.25. The summed E-state index contributed by atoms with van der Waals surface area (Å²) in [5.41, 5.74) is -0.547. The van der Waals surface area contributed by atoms with Gasteiger partial charge in [0.05, 0.1) is 7.11 Å². The Hall–Kier alpha value is -2.33. The number of hydrogen-bond acceptors (Lipinski definition) is 6. The molecule has 1 heterocycles. The summed E-state index contributed by atoms with van der Waals surface area (Å²) < 4.78 is 15.0. The number of thioether (sulfide) groups is 1. The van der Waals surface area contributed by atoms with Crippen LogP contribution in [-0.4, -0.2) is 47.5 Å². The number of amides is 1. The van der Waals surface area contributed by atoms with E-state index < -0.39 is 10.3 Å². The molecule has 2 rings (SSSR count). The molecular formula is C21H27NO5S. The Bertz CT molecular complexity index is 750. The molecule has 1 aliphatic rings. The SMILES string of the molecule is CC#COc1ccc(SC2(C(=O)OC)CCN(C(=O)OC(C)(C)C)CC2)cc1. The lowest BCUT2D eigenvalue weighted by Crippen LogP contribution is -2.50. The van der Waals surface area contributed by atoms with Gasteiger partial charge >= 0.3 is 12.1 Å². The second-order valence-electron chi connectivity index (χ2n) is 7.48. The molecular weight excluding hydrogens is 378 g/mol. The van der Waals surface area contributed by atoms with Gasteiger partial charge in [0, 0.05) is 24.9 Å². The molecule has 0 aromatic heterocycles. The lowest BCUT2D eigenvalue weighted by molar-refractivity contribution is -0.144. The van der Waals surface area contributed by atoms with E-state index in [2.05, 4.69) is 12.0 Å². The fraction of sp³-hybridized carbons (Fsp3) is 0.524. The first-order valence-corrected chi connectivity index (χ1v) is 9.95. The highest BCUT2D eigenvalue weighted by molar-refractivity contribution is 8.01. The number of esters is 1. The zero-order valence-corrected chi connectivity index (χ0v) is 17.9. The zero-order chi connectivity index (χ0) is 20.8. The van der Waals surface area contributed by atoms with E-state index in [-0.39, 0.29) is 12.1 Å². The van der Waals surface area contributed by atoms with E-state index in [1.165, 1.54) is 18.9 Å². The van der Waals surface area contributed by atoms with Crippen molar-refractivity contribution in [1.82, 2.24) is 4.90 Å². The minimum atomic E-state index is -0.737. The van der Waals surface area contributed by atoms with E-state index in [4.69, 9.17) is 14.2 Å². The summed E-state index contributed by atoms with van der Waals surface area (Å²) in [4.78, 5) is 27.5. The van der Waals surface area contributed by atoms with Crippen LogP contribution in [0.4, 0.5) is 4.79 Å². The number of carbonyl (C=O) groups excluding carboxylic acids is 2. The van der Waals surface area contributed by atoms with Gasteiger partial charge in [0.15, 0.2) is 0 Å². The highest BCUT2D eigenvalue weighted by Crippen LogP contribution is 2.42. The van der Waals surface area contributed by atoms with Gasteiger partial charge in [-0.15, -0.1) is 11.8 Å². The smallest absolute Gasteiger partial charge is 0.410 e. The van der Waals surface area contributed by atoms with Crippen LogP contribution >= 0.6 is 11.8 Å². The number of methoxy groups -OCH3 is 1. The number of hydrogen-bond donors (Lipinski definition) is 0. The molecule has 1 aliphatic heterocycles. The summed E-state index contributed by atoms with van der Waals surface area (Å²) in [5.74, 6) is 3.04. The summed E-state index contributed by atoms with van der Waals surface area (Å²) in [7, 11) is 1.39. The van der Waals surface area contributed by atoms with Crippen LogP contribution in [0.2, 0.25) is 0 Å². The van der Waals surface area contributed by atoms with Crippen molar-refractivity contribution in [3.63, 3.8) is 0 Å². The van der Waals surface area contributed by atoms with Gasteiger partial charge in [-0.05, 0) is 57.9 Å². The normalized spacial score (nSPS) is 15.8. The number of carbonyl (C=O) groups is 2. The van der Waals surface area contributed by atoms with E-state index in [1.54, 1.807) is 11.8 Å². The summed E-state index contributed by atoms with van der Waals surface area (Å²) in [5, 5.41) is 0.